The molecule has 0 fully saturated rings. The van der Waals surface area contributed by atoms with E-state index >= 15 is 0 Å². The van der Waals surface area contributed by atoms with Crippen molar-refractivity contribution in [3.8, 4) is 5.69 Å². The predicted octanol–water partition coefficient (Wildman–Crippen LogP) is 2.95. The summed E-state index contributed by atoms with van der Waals surface area (Å²) in [6.07, 6.45) is 5.29. The van der Waals surface area contributed by atoms with Gasteiger partial charge in [-0.15, -0.1) is 0 Å². The number of carbonyl (C=O) groups is 1. The molecule has 0 aliphatic carbocycles. The molecule has 0 atom stereocenters. The molecule has 24 heavy (non-hydrogen) atoms. The highest BCUT2D eigenvalue weighted by Crippen LogP contribution is 2.18. The molecule has 1 amide bonds. The lowest BCUT2D eigenvalue weighted by atomic mass is 10.2. The van der Waals surface area contributed by atoms with Crippen molar-refractivity contribution in [1.82, 2.24) is 24.5 Å². The number of benzene rings is 1. The number of amides is 1. The van der Waals surface area contributed by atoms with Crippen LogP contribution in [0.2, 0.25) is 0 Å². The lowest BCUT2D eigenvalue weighted by Crippen LogP contribution is -2.26. The van der Waals surface area contributed by atoms with Crippen molar-refractivity contribution >= 4 is 21.8 Å². The molecule has 0 N–H and O–H groups in total. The Morgan fingerprint density at radius 3 is 2.54 bits per heavy atom. The van der Waals surface area contributed by atoms with E-state index in [1.165, 1.54) is 0 Å². The SMILES string of the molecule is Cc1c(C(=O)N(C)Cc2cnn(C)c2)cnn1-c1ccc(Br)cc1. The van der Waals surface area contributed by atoms with E-state index in [1.807, 2.05) is 44.4 Å². The first kappa shape index (κ1) is 16.4. The second kappa shape index (κ2) is 6.60. The van der Waals surface area contributed by atoms with E-state index in [-0.39, 0.29) is 5.91 Å². The summed E-state index contributed by atoms with van der Waals surface area (Å²) in [7, 11) is 3.64. The second-order valence-corrected chi connectivity index (χ2v) is 6.63. The van der Waals surface area contributed by atoms with Gasteiger partial charge in [0.15, 0.2) is 0 Å². The molecular weight excluding hydrogens is 370 g/mol. The van der Waals surface area contributed by atoms with Crippen LogP contribution in [0.5, 0.6) is 0 Å². The van der Waals surface area contributed by atoms with Crippen LogP contribution in [0.15, 0.2) is 47.3 Å². The maximum Gasteiger partial charge on any atom is 0.257 e. The molecular formula is C17H18BrN5O. The summed E-state index contributed by atoms with van der Waals surface area (Å²) in [5.41, 5.74) is 3.33. The van der Waals surface area contributed by atoms with Gasteiger partial charge in [-0.1, -0.05) is 15.9 Å². The maximum absolute atomic E-state index is 12.7. The number of aromatic nitrogens is 4. The van der Waals surface area contributed by atoms with E-state index in [0.29, 0.717) is 12.1 Å². The quantitative estimate of drug-likeness (QED) is 0.691. The van der Waals surface area contributed by atoms with Gasteiger partial charge in [-0.2, -0.15) is 10.2 Å². The van der Waals surface area contributed by atoms with Gasteiger partial charge in [0.2, 0.25) is 0 Å². The van der Waals surface area contributed by atoms with E-state index in [2.05, 4.69) is 26.1 Å². The Morgan fingerprint density at radius 1 is 1.21 bits per heavy atom. The van der Waals surface area contributed by atoms with Crippen LogP contribution in [-0.4, -0.2) is 37.4 Å². The summed E-state index contributed by atoms with van der Waals surface area (Å²) in [6.45, 7) is 2.41. The zero-order valence-corrected chi connectivity index (χ0v) is 15.4. The van der Waals surface area contributed by atoms with E-state index in [4.69, 9.17) is 0 Å². The molecule has 124 valence electrons. The van der Waals surface area contributed by atoms with Gasteiger partial charge in [-0.05, 0) is 31.2 Å². The summed E-state index contributed by atoms with van der Waals surface area (Å²) in [5, 5.41) is 8.50. The highest BCUT2D eigenvalue weighted by molar-refractivity contribution is 9.10. The first-order valence-electron chi connectivity index (χ1n) is 7.49. The molecule has 2 aromatic heterocycles. The fourth-order valence-corrected chi connectivity index (χ4v) is 2.83. The van der Waals surface area contributed by atoms with Crippen molar-refractivity contribution in [1.29, 1.82) is 0 Å². The molecule has 0 aliphatic rings. The van der Waals surface area contributed by atoms with Gasteiger partial charge in [-0.3, -0.25) is 9.48 Å². The van der Waals surface area contributed by atoms with Crippen LogP contribution in [-0.2, 0) is 13.6 Å². The van der Waals surface area contributed by atoms with Crippen LogP contribution in [0.4, 0.5) is 0 Å². The van der Waals surface area contributed by atoms with E-state index < -0.39 is 0 Å². The average molecular weight is 388 g/mol. The summed E-state index contributed by atoms with van der Waals surface area (Å²) >= 11 is 3.42. The Hall–Kier alpha value is -2.41. The molecule has 3 rings (SSSR count). The third-order valence-electron chi connectivity index (χ3n) is 3.84. The molecule has 2 heterocycles. The summed E-state index contributed by atoms with van der Waals surface area (Å²) in [6, 6.07) is 7.81. The minimum Gasteiger partial charge on any atom is -0.337 e. The van der Waals surface area contributed by atoms with Crippen molar-refractivity contribution in [2.45, 2.75) is 13.5 Å². The van der Waals surface area contributed by atoms with Crippen molar-refractivity contribution < 1.29 is 4.79 Å². The number of halogens is 1. The third-order valence-corrected chi connectivity index (χ3v) is 4.36. The lowest BCUT2D eigenvalue weighted by molar-refractivity contribution is 0.0784. The van der Waals surface area contributed by atoms with E-state index in [0.717, 1.165) is 21.4 Å². The normalized spacial score (nSPS) is 10.8. The van der Waals surface area contributed by atoms with Crippen molar-refractivity contribution in [2.24, 2.45) is 7.05 Å². The molecule has 6 nitrogen and oxygen atoms in total. The fraction of sp³-hybridized carbons (Fsp3) is 0.235. The Labute approximate surface area is 148 Å². The van der Waals surface area contributed by atoms with E-state index in [9.17, 15) is 4.79 Å². The number of rotatable bonds is 4. The molecule has 0 unspecified atom stereocenters. The van der Waals surface area contributed by atoms with Gasteiger partial charge >= 0.3 is 0 Å². The molecule has 0 aliphatic heterocycles. The molecule has 0 radical (unpaired) electrons. The topological polar surface area (TPSA) is 56.0 Å². The minimum atomic E-state index is -0.0558. The van der Waals surface area contributed by atoms with Crippen molar-refractivity contribution in [3.05, 3.63) is 64.1 Å². The monoisotopic (exact) mass is 387 g/mol. The van der Waals surface area contributed by atoms with Gasteiger partial charge < -0.3 is 4.90 Å². The van der Waals surface area contributed by atoms with Gasteiger partial charge in [0.05, 0.1) is 29.3 Å². The zero-order valence-electron chi connectivity index (χ0n) is 13.8. The number of carbonyl (C=O) groups excluding carboxylic acids is 1. The van der Waals surface area contributed by atoms with Gasteiger partial charge in [0.25, 0.3) is 5.91 Å². The van der Waals surface area contributed by atoms with Gasteiger partial charge in [0.1, 0.15) is 0 Å². The lowest BCUT2D eigenvalue weighted by Gasteiger charge is -2.16. The fourth-order valence-electron chi connectivity index (χ4n) is 2.57. The first-order chi connectivity index (χ1) is 11.5. The van der Waals surface area contributed by atoms with Crippen LogP contribution in [0.3, 0.4) is 0 Å². The Morgan fingerprint density at radius 2 is 1.92 bits per heavy atom. The molecule has 3 aromatic rings. The van der Waals surface area contributed by atoms with Crippen LogP contribution in [0.25, 0.3) is 5.69 Å². The van der Waals surface area contributed by atoms with Crippen molar-refractivity contribution in [3.63, 3.8) is 0 Å². The van der Waals surface area contributed by atoms with Crippen LogP contribution in [0.1, 0.15) is 21.6 Å². The number of hydrogen-bond acceptors (Lipinski definition) is 3. The zero-order chi connectivity index (χ0) is 17.3. The average Bonchev–Trinajstić information content (AvgIpc) is 3.13. The highest BCUT2D eigenvalue weighted by atomic mass is 79.9. The van der Waals surface area contributed by atoms with Crippen LogP contribution >= 0.6 is 15.9 Å². The minimum absolute atomic E-state index is 0.0558. The first-order valence-corrected chi connectivity index (χ1v) is 8.28. The molecule has 1 aromatic carbocycles. The predicted molar refractivity (Wildman–Crippen MR) is 95.0 cm³/mol. The Kier molecular flexibility index (Phi) is 4.53. The molecule has 0 spiro atoms. The standard InChI is InChI=1S/C17H18BrN5O/c1-12-16(9-20-23(12)15-6-4-14(18)5-7-15)17(24)21(2)10-13-8-19-22(3)11-13/h4-9,11H,10H2,1-3H3. The van der Waals surface area contributed by atoms with Gasteiger partial charge in [0, 0.05) is 36.9 Å². The summed E-state index contributed by atoms with van der Waals surface area (Å²) in [5.74, 6) is -0.0558. The number of aryl methyl sites for hydroxylation is 1. The van der Waals surface area contributed by atoms with E-state index in [1.54, 1.807) is 33.7 Å². The Balaban J connectivity index is 1.81. The second-order valence-electron chi connectivity index (χ2n) is 5.72. The summed E-state index contributed by atoms with van der Waals surface area (Å²) in [4.78, 5) is 14.4. The molecule has 0 bridgehead atoms. The molecule has 7 heteroatoms. The number of nitrogens with zero attached hydrogens (tertiary/aromatic N) is 5. The Bertz CT molecular complexity index is 865. The van der Waals surface area contributed by atoms with Crippen LogP contribution in [0, 0.1) is 6.92 Å². The number of hydrogen-bond donors (Lipinski definition) is 0. The molecule has 0 saturated heterocycles. The third kappa shape index (κ3) is 3.26. The van der Waals surface area contributed by atoms with Crippen LogP contribution < -0.4 is 0 Å². The summed E-state index contributed by atoms with van der Waals surface area (Å²) < 4.78 is 4.51. The highest BCUT2D eigenvalue weighted by Gasteiger charge is 2.19. The maximum atomic E-state index is 12.7. The molecule has 0 saturated carbocycles. The smallest absolute Gasteiger partial charge is 0.257 e. The largest absolute Gasteiger partial charge is 0.337 e. The van der Waals surface area contributed by atoms with Gasteiger partial charge in [-0.25, -0.2) is 4.68 Å². The van der Waals surface area contributed by atoms with Crippen molar-refractivity contribution in [2.75, 3.05) is 7.05 Å².